The zero-order valence-corrected chi connectivity index (χ0v) is 23.4. The zero-order valence-electron chi connectivity index (χ0n) is 21.9. The Morgan fingerprint density at radius 2 is 1.62 bits per heavy atom. The molecule has 1 heterocycles. The summed E-state index contributed by atoms with van der Waals surface area (Å²) in [5, 5.41) is 14.3. The number of carbonyl (C=O) groups excluding carboxylic acids is 2. The van der Waals surface area contributed by atoms with Crippen molar-refractivity contribution in [2.45, 2.75) is 69.1 Å². The van der Waals surface area contributed by atoms with E-state index in [0.717, 1.165) is 19.3 Å². The van der Waals surface area contributed by atoms with Crippen LogP contribution in [0, 0.1) is 0 Å². The third kappa shape index (κ3) is 6.16. The minimum atomic E-state index is -0.626. The van der Waals surface area contributed by atoms with E-state index in [-0.39, 0.29) is 24.0 Å². The lowest BCUT2D eigenvalue weighted by Gasteiger charge is -2.47. The molecule has 5 nitrogen and oxygen atoms in total. The van der Waals surface area contributed by atoms with Gasteiger partial charge in [0.2, 0.25) is 5.91 Å². The highest BCUT2D eigenvalue weighted by atomic mass is 35.5. The van der Waals surface area contributed by atoms with Gasteiger partial charge in [0.25, 0.3) is 5.91 Å². The standard InChI is InChI=1S/C32H34Cl2N2O3/c33-22-13-18-27(28(34)20-22)30-29(31(38)35-19-7-6-10-21-8-2-1-3-9-21)25-11-4-5-12-26(25)32(39)36(30)23-14-16-24(37)17-15-23/h1-5,8-9,11-13,18,20,23-24,29-30,37H,6-7,10,14-17,19H2,(H,35,38)/t23?,24?,29-,30+/m1/s1. The summed E-state index contributed by atoms with van der Waals surface area (Å²) in [4.78, 5) is 29.9. The summed E-state index contributed by atoms with van der Waals surface area (Å²) in [6.45, 7) is 0.551. The van der Waals surface area contributed by atoms with Crippen molar-refractivity contribution in [1.29, 1.82) is 0 Å². The molecule has 0 radical (unpaired) electrons. The van der Waals surface area contributed by atoms with Gasteiger partial charge in [0.15, 0.2) is 0 Å². The van der Waals surface area contributed by atoms with Crippen molar-refractivity contribution < 1.29 is 14.7 Å². The van der Waals surface area contributed by atoms with Gasteiger partial charge in [-0.3, -0.25) is 9.59 Å². The molecule has 7 heteroatoms. The van der Waals surface area contributed by atoms with E-state index in [1.165, 1.54) is 5.56 Å². The molecule has 1 aliphatic carbocycles. The van der Waals surface area contributed by atoms with Gasteiger partial charge in [-0.15, -0.1) is 0 Å². The molecular weight excluding hydrogens is 531 g/mol. The Hall–Kier alpha value is -2.86. The minimum absolute atomic E-state index is 0.102. The van der Waals surface area contributed by atoms with Crippen LogP contribution in [0.1, 0.15) is 77.5 Å². The molecule has 2 amide bonds. The normalized spacial score (nSPS) is 22.8. The molecule has 39 heavy (non-hydrogen) atoms. The number of nitrogens with zero attached hydrogens (tertiary/aromatic N) is 1. The molecule has 204 valence electrons. The molecule has 2 atom stereocenters. The van der Waals surface area contributed by atoms with E-state index in [1.807, 2.05) is 53.4 Å². The number of aliphatic hydroxyl groups is 1. The Morgan fingerprint density at radius 1 is 0.897 bits per heavy atom. The first kappa shape index (κ1) is 27.7. The Kier molecular flexibility index (Phi) is 8.91. The summed E-state index contributed by atoms with van der Waals surface area (Å²) >= 11 is 13.0. The number of halogens is 2. The molecule has 3 aromatic rings. The van der Waals surface area contributed by atoms with E-state index in [1.54, 1.807) is 12.1 Å². The van der Waals surface area contributed by atoms with Gasteiger partial charge in [0, 0.05) is 28.2 Å². The monoisotopic (exact) mass is 564 g/mol. The van der Waals surface area contributed by atoms with Gasteiger partial charge in [0.05, 0.1) is 18.1 Å². The highest BCUT2D eigenvalue weighted by molar-refractivity contribution is 6.35. The number of carbonyl (C=O) groups is 2. The maximum Gasteiger partial charge on any atom is 0.254 e. The van der Waals surface area contributed by atoms with E-state index >= 15 is 0 Å². The van der Waals surface area contributed by atoms with Gasteiger partial charge >= 0.3 is 0 Å². The molecule has 2 aliphatic rings. The van der Waals surface area contributed by atoms with Crippen LogP contribution >= 0.6 is 23.2 Å². The number of nitrogens with one attached hydrogen (secondary N) is 1. The van der Waals surface area contributed by atoms with Gasteiger partial charge in [0.1, 0.15) is 0 Å². The average Bonchev–Trinajstić information content (AvgIpc) is 2.94. The van der Waals surface area contributed by atoms with Crippen molar-refractivity contribution in [3.05, 3.63) is 105 Å². The summed E-state index contributed by atoms with van der Waals surface area (Å²) in [7, 11) is 0. The smallest absolute Gasteiger partial charge is 0.254 e. The maximum atomic E-state index is 14.0. The molecule has 1 saturated carbocycles. The first-order valence-corrected chi connectivity index (χ1v) is 14.6. The third-order valence-corrected chi connectivity index (χ3v) is 8.60. The molecule has 0 saturated heterocycles. The molecule has 0 aromatic heterocycles. The minimum Gasteiger partial charge on any atom is -0.393 e. The lowest BCUT2D eigenvalue weighted by Crippen LogP contribution is -2.52. The summed E-state index contributed by atoms with van der Waals surface area (Å²) in [5.74, 6) is -0.847. The lowest BCUT2D eigenvalue weighted by atomic mass is 9.77. The molecular formula is C32H34Cl2N2O3. The molecule has 0 bridgehead atoms. The number of unbranched alkanes of at least 4 members (excludes halogenated alkanes) is 1. The molecule has 2 N–H and O–H groups in total. The van der Waals surface area contributed by atoms with Crippen LogP contribution < -0.4 is 5.32 Å². The molecule has 3 aromatic carbocycles. The Labute approximate surface area is 240 Å². The number of amides is 2. The van der Waals surface area contributed by atoms with Crippen LogP contribution in [-0.4, -0.2) is 40.5 Å². The van der Waals surface area contributed by atoms with Gasteiger partial charge in [-0.1, -0.05) is 77.8 Å². The molecule has 1 aliphatic heterocycles. The number of hydrogen-bond donors (Lipinski definition) is 2. The Balaban J connectivity index is 1.45. The largest absolute Gasteiger partial charge is 0.393 e. The van der Waals surface area contributed by atoms with E-state index in [0.29, 0.717) is 59.0 Å². The number of hydrogen-bond acceptors (Lipinski definition) is 3. The average molecular weight is 566 g/mol. The van der Waals surface area contributed by atoms with Crippen LogP contribution in [0.15, 0.2) is 72.8 Å². The van der Waals surface area contributed by atoms with Crippen LogP contribution in [0.3, 0.4) is 0 Å². The van der Waals surface area contributed by atoms with Gasteiger partial charge in [-0.2, -0.15) is 0 Å². The predicted molar refractivity (Wildman–Crippen MR) is 155 cm³/mol. The second-order valence-electron chi connectivity index (χ2n) is 10.6. The zero-order chi connectivity index (χ0) is 27.4. The summed E-state index contributed by atoms with van der Waals surface area (Å²) < 4.78 is 0. The van der Waals surface area contributed by atoms with Crippen molar-refractivity contribution in [3.63, 3.8) is 0 Å². The fourth-order valence-electron chi connectivity index (χ4n) is 6.06. The second-order valence-corrected chi connectivity index (χ2v) is 11.4. The van der Waals surface area contributed by atoms with E-state index in [2.05, 4.69) is 17.4 Å². The quantitative estimate of drug-likeness (QED) is 0.298. The highest BCUT2D eigenvalue weighted by Gasteiger charge is 2.47. The molecule has 0 unspecified atom stereocenters. The topological polar surface area (TPSA) is 69.6 Å². The van der Waals surface area contributed by atoms with Crippen LogP contribution in [0.4, 0.5) is 0 Å². The fourth-order valence-corrected chi connectivity index (χ4v) is 6.58. The number of rotatable bonds is 8. The highest BCUT2D eigenvalue weighted by Crippen LogP contribution is 2.47. The van der Waals surface area contributed by atoms with Gasteiger partial charge in [-0.25, -0.2) is 0 Å². The Morgan fingerprint density at radius 3 is 2.36 bits per heavy atom. The molecule has 1 fully saturated rings. The van der Waals surface area contributed by atoms with Crippen LogP contribution in [-0.2, 0) is 11.2 Å². The fraction of sp³-hybridized carbons (Fsp3) is 0.375. The molecule has 0 spiro atoms. The number of benzene rings is 3. The van der Waals surface area contributed by atoms with Crippen molar-refractivity contribution in [2.75, 3.05) is 6.54 Å². The Bertz CT molecular complexity index is 1310. The van der Waals surface area contributed by atoms with Crippen molar-refractivity contribution in [2.24, 2.45) is 0 Å². The van der Waals surface area contributed by atoms with E-state index in [4.69, 9.17) is 23.2 Å². The number of fused-ring (bicyclic) bond motifs is 1. The third-order valence-electron chi connectivity index (χ3n) is 8.03. The first-order valence-electron chi connectivity index (χ1n) is 13.8. The van der Waals surface area contributed by atoms with Crippen molar-refractivity contribution in [1.82, 2.24) is 10.2 Å². The van der Waals surface area contributed by atoms with Crippen LogP contribution in [0.2, 0.25) is 10.0 Å². The van der Waals surface area contributed by atoms with Crippen molar-refractivity contribution >= 4 is 35.0 Å². The SMILES string of the molecule is O=C(NCCCCc1ccccc1)[C@@H]1c2ccccc2C(=O)N(C2CCC(O)CC2)[C@H]1c1ccc(Cl)cc1Cl. The van der Waals surface area contributed by atoms with Crippen LogP contribution in [0.25, 0.3) is 0 Å². The summed E-state index contributed by atoms with van der Waals surface area (Å²) in [6.07, 6.45) is 5.00. The summed E-state index contributed by atoms with van der Waals surface area (Å²) in [6, 6.07) is 22.3. The van der Waals surface area contributed by atoms with Gasteiger partial charge in [-0.05, 0) is 79.8 Å². The van der Waals surface area contributed by atoms with Gasteiger partial charge < -0.3 is 15.3 Å². The van der Waals surface area contributed by atoms with E-state index < -0.39 is 12.0 Å². The first-order chi connectivity index (χ1) is 18.9. The van der Waals surface area contributed by atoms with Crippen molar-refractivity contribution in [3.8, 4) is 0 Å². The van der Waals surface area contributed by atoms with Crippen LogP contribution in [0.5, 0.6) is 0 Å². The predicted octanol–water partition coefficient (Wildman–Crippen LogP) is 6.72. The number of aryl methyl sites for hydroxylation is 1. The van der Waals surface area contributed by atoms with E-state index in [9.17, 15) is 14.7 Å². The maximum absolute atomic E-state index is 14.0. The lowest BCUT2D eigenvalue weighted by molar-refractivity contribution is -0.124. The number of aliphatic hydroxyl groups excluding tert-OH is 1. The summed E-state index contributed by atoms with van der Waals surface area (Å²) in [5.41, 5.74) is 3.26. The second kappa shape index (κ2) is 12.5. The molecule has 5 rings (SSSR count).